The summed E-state index contributed by atoms with van der Waals surface area (Å²) in [6.07, 6.45) is 3.78. The van der Waals surface area contributed by atoms with E-state index in [1.807, 2.05) is 54.6 Å². The first-order valence-electron chi connectivity index (χ1n) is 8.57. The highest BCUT2D eigenvalue weighted by Gasteiger charge is 2.13. The Kier molecular flexibility index (Phi) is 5.43. The second-order valence-electron chi connectivity index (χ2n) is 6.05. The summed E-state index contributed by atoms with van der Waals surface area (Å²) >= 11 is 2.19. The number of benzene rings is 2. The lowest BCUT2D eigenvalue weighted by atomic mass is 10.1. The normalized spacial score (nSPS) is 10.6. The summed E-state index contributed by atoms with van der Waals surface area (Å²) in [6.45, 7) is 0. The first kappa shape index (κ1) is 18.3. The van der Waals surface area contributed by atoms with Crippen molar-refractivity contribution in [3.05, 3.63) is 93.6 Å². The van der Waals surface area contributed by atoms with Crippen LogP contribution in [0.3, 0.4) is 0 Å². The first-order valence-corrected chi connectivity index (χ1v) is 9.65. The molecule has 4 aromatic rings. The van der Waals surface area contributed by atoms with Crippen LogP contribution in [0.5, 0.6) is 0 Å². The number of amides is 1. The number of para-hydroxylation sites is 1. The Labute approximate surface area is 175 Å². The van der Waals surface area contributed by atoms with Crippen LogP contribution in [0.15, 0.2) is 77.6 Å². The highest BCUT2D eigenvalue weighted by molar-refractivity contribution is 14.1. The number of halogens is 1. The summed E-state index contributed by atoms with van der Waals surface area (Å²) in [7, 11) is 0. The van der Waals surface area contributed by atoms with Crippen molar-refractivity contribution in [1.82, 2.24) is 15.1 Å². The lowest BCUT2D eigenvalue weighted by Crippen LogP contribution is -2.13. The molecule has 2 aromatic carbocycles. The van der Waals surface area contributed by atoms with Crippen LogP contribution in [0, 0.1) is 3.57 Å². The molecule has 2 aromatic heterocycles. The molecule has 0 spiro atoms. The number of carbonyl (C=O) groups excluding carboxylic acids is 1. The van der Waals surface area contributed by atoms with Gasteiger partial charge in [0, 0.05) is 32.8 Å². The van der Waals surface area contributed by atoms with E-state index in [2.05, 4.69) is 43.0 Å². The van der Waals surface area contributed by atoms with E-state index >= 15 is 0 Å². The molecule has 28 heavy (non-hydrogen) atoms. The van der Waals surface area contributed by atoms with Crippen LogP contribution in [-0.2, 0) is 6.42 Å². The van der Waals surface area contributed by atoms with Crippen LogP contribution in [0.1, 0.15) is 21.8 Å². The Morgan fingerprint density at radius 2 is 1.86 bits per heavy atom. The Morgan fingerprint density at radius 1 is 1.04 bits per heavy atom. The number of nitrogens with zero attached hydrogens (tertiary/aromatic N) is 3. The molecular formula is C21H15IN4O2. The SMILES string of the molecule is O=C(Nc1ccccc1Cc1nc(-c2ccncc2)no1)c1cccc(I)c1. The molecule has 0 bridgehead atoms. The van der Waals surface area contributed by atoms with Crippen molar-refractivity contribution in [2.75, 3.05) is 5.32 Å². The van der Waals surface area contributed by atoms with Gasteiger partial charge < -0.3 is 9.84 Å². The largest absolute Gasteiger partial charge is 0.339 e. The quantitative estimate of drug-likeness (QED) is 0.422. The third-order valence-corrected chi connectivity index (χ3v) is 4.77. The van der Waals surface area contributed by atoms with Crippen LogP contribution < -0.4 is 5.32 Å². The van der Waals surface area contributed by atoms with Gasteiger partial charge in [0.15, 0.2) is 0 Å². The molecule has 0 atom stereocenters. The fraction of sp³-hybridized carbons (Fsp3) is 0.0476. The Morgan fingerprint density at radius 3 is 2.68 bits per heavy atom. The van der Waals surface area contributed by atoms with E-state index in [9.17, 15) is 4.79 Å². The Balaban J connectivity index is 1.54. The second-order valence-corrected chi connectivity index (χ2v) is 7.29. The minimum absolute atomic E-state index is 0.158. The monoisotopic (exact) mass is 482 g/mol. The maximum absolute atomic E-state index is 12.6. The molecule has 7 heteroatoms. The number of hydrogen-bond donors (Lipinski definition) is 1. The summed E-state index contributed by atoms with van der Waals surface area (Å²) < 4.78 is 6.40. The number of nitrogens with one attached hydrogen (secondary N) is 1. The number of hydrogen-bond acceptors (Lipinski definition) is 5. The zero-order chi connectivity index (χ0) is 19.3. The predicted molar refractivity (Wildman–Crippen MR) is 114 cm³/mol. The maximum atomic E-state index is 12.6. The molecule has 0 fully saturated rings. The van der Waals surface area contributed by atoms with Gasteiger partial charge in [-0.25, -0.2) is 0 Å². The summed E-state index contributed by atoms with van der Waals surface area (Å²) in [5, 5.41) is 7.00. The van der Waals surface area contributed by atoms with Crippen molar-refractivity contribution in [2.24, 2.45) is 0 Å². The van der Waals surface area contributed by atoms with E-state index in [-0.39, 0.29) is 5.91 Å². The minimum Gasteiger partial charge on any atom is -0.339 e. The molecule has 0 aliphatic rings. The van der Waals surface area contributed by atoms with Gasteiger partial charge in [0.25, 0.3) is 5.91 Å². The molecular weight excluding hydrogens is 467 g/mol. The molecule has 138 valence electrons. The zero-order valence-electron chi connectivity index (χ0n) is 14.7. The Bertz CT molecular complexity index is 1110. The van der Waals surface area contributed by atoms with Gasteiger partial charge >= 0.3 is 0 Å². The van der Waals surface area contributed by atoms with E-state index in [1.165, 1.54) is 0 Å². The van der Waals surface area contributed by atoms with Gasteiger partial charge in [-0.3, -0.25) is 9.78 Å². The fourth-order valence-electron chi connectivity index (χ4n) is 2.73. The van der Waals surface area contributed by atoms with Crippen LogP contribution in [0.2, 0.25) is 0 Å². The number of aromatic nitrogens is 3. The molecule has 0 unspecified atom stereocenters. The topological polar surface area (TPSA) is 80.9 Å². The summed E-state index contributed by atoms with van der Waals surface area (Å²) in [5.74, 6) is 0.828. The number of anilines is 1. The Hall–Kier alpha value is -3.07. The minimum atomic E-state index is -0.158. The molecule has 1 amide bonds. The maximum Gasteiger partial charge on any atom is 0.255 e. The number of pyridine rings is 1. The predicted octanol–water partition coefficient (Wildman–Crippen LogP) is 4.58. The molecule has 0 aliphatic heterocycles. The molecule has 0 saturated heterocycles. The van der Waals surface area contributed by atoms with Crippen LogP contribution in [-0.4, -0.2) is 21.0 Å². The molecule has 0 radical (unpaired) electrons. The van der Waals surface area contributed by atoms with E-state index in [1.54, 1.807) is 18.5 Å². The summed E-state index contributed by atoms with van der Waals surface area (Å²) in [5.41, 5.74) is 3.06. The van der Waals surface area contributed by atoms with Gasteiger partial charge in [-0.15, -0.1) is 0 Å². The molecule has 0 aliphatic carbocycles. The molecule has 0 saturated carbocycles. The van der Waals surface area contributed by atoms with Crippen LogP contribution >= 0.6 is 22.6 Å². The van der Waals surface area contributed by atoms with E-state index in [0.717, 1.165) is 20.4 Å². The van der Waals surface area contributed by atoms with Crippen molar-refractivity contribution in [3.63, 3.8) is 0 Å². The molecule has 1 N–H and O–H groups in total. The van der Waals surface area contributed by atoms with Crippen LogP contribution in [0.4, 0.5) is 5.69 Å². The lowest BCUT2D eigenvalue weighted by molar-refractivity contribution is 0.102. The van der Waals surface area contributed by atoms with E-state index in [0.29, 0.717) is 23.7 Å². The van der Waals surface area contributed by atoms with Gasteiger partial charge in [-0.2, -0.15) is 4.98 Å². The smallest absolute Gasteiger partial charge is 0.255 e. The van der Waals surface area contributed by atoms with Gasteiger partial charge in [-0.05, 0) is 64.6 Å². The molecule has 2 heterocycles. The molecule has 6 nitrogen and oxygen atoms in total. The van der Waals surface area contributed by atoms with E-state index in [4.69, 9.17) is 4.52 Å². The number of carbonyl (C=O) groups is 1. The van der Waals surface area contributed by atoms with Crippen molar-refractivity contribution >= 4 is 34.2 Å². The van der Waals surface area contributed by atoms with Gasteiger partial charge in [0.1, 0.15) is 0 Å². The van der Waals surface area contributed by atoms with Gasteiger partial charge in [0.05, 0.1) is 6.42 Å². The third kappa shape index (κ3) is 4.25. The average molecular weight is 482 g/mol. The van der Waals surface area contributed by atoms with Crippen molar-refractivity contribution in [1.29, 1.82) is 0 Å². The number of rotatable bonds is 5. The standard InChI is InChI=1S/C21H15IN4O2/c22-17-6-3-5-16(12-17)21(27)24-18-7-2-1-4-15(18)13-19-25-20(26-28-19)14-8-10-23-11-9-14/h1-12H,13H2,(H,24,27). The second kappa shape index (κ2) is 8.30. The van der Waals surface area contributed by atoms with Crippen molar-refractivity contribution in [3.8, 4) is 11.4 Å². The van der Waals surface area contributed by atoms with E-state index < -0.39 is 0 Å². The lowest BCUT2D eigenvalue weighted by Gasteiger charge is -2.10. The highest BCUT2D eigenvalue weighted by atomic mass is 127. The van der Waals surface area contributed by atoms with Crippen molar-refractivity contribution < 1.29 is 9.32 Å². The van der Waals surface area contributed by atoms with Gasteiger partial charge in [0.2, 0.25) is 11.7 Å². The average Bonchev–Trinajstić information content (AvgIpc) is 3.19. The summed E-state index contributed by atoms with van der Waals surface area (Å²) in [4.78, 5) is 21.0. The van der Waals surface area contributed by atoms with Crippen LogP contribution in [0.25, 0.3) is 11.4 Å². The summed E-state index contributed by atoms with van der Waals surface area (Å²) in [6, 6.07) is 18.7. The third-order valence-electron chi connectivity index (χ3n) is 4.10. The first-order chi connectivity index (χ1) is 13.7. The van der Waals surface area contributed by atoms with Crippen molar-refractivity contribution in [2.45, 2.75) is 6.42 Å². The molecule has 4 rings (SSSR count). The fourth-order valence-corrected chi connectivity index (χ4v) is 3.27. The van der Waals surface area contributed by atoms with Gasteiger partial charge in [-0.1, -0.05) is 29.4 Å². The zero-order valence-corrected chi connectivity index (χ0v) is 16.8. The highest BCUT2D eigenvalue weighted by Crippen LogP contribution is 2.21.